The van der Waals surface area contributed by atoms with Crippen molar-refractivity contribution in [1.29, 1.82) is 0 Å². The van der Waals surface area contributed by atoms with Crippen molar-refractivity contribution in [2.45, 2.75) is 38.1 Å². The SMILES string of the molecule is NC(=O)N1CCC(CC(=O)N2CCN([C@H]3c4ccc(Cl)c(Br)c4CCc4cc(Br)c[n+]([O-])c43)CC2)CC1. The van der Waals surface area contributed by atoms with Crippen molar-refractivity contribution in [3.8, 4) is 0 Å². The number of amides is 3. The number of aryl methyl sites for hydroxylation is 1. The van der Waals surface area contributed by atoms with Crippen molar-refractivity contribution in [3.05, 3.63) is 66.0 Å². The first-order valence-electron chi connectivity index (χ1n) is 12.7. The fourth-order valence-corrected chi connectivity index (χ4v) is 7.15. The number of halogens is 3. The van der Waals surface area contributed by atoms with Crippen LogP contribution in [-0.4, -0.2) is 65.9 Å². The molecule has 1 aromatic heterocycles. The monoisotopic (exact) mass is 653 g/mol. The summed E-state index contributed by atoms with van der Waals surface area (Å²) < 4.78 is 2.65. The molecule has 5 rings (SSSR count). The van der Waals surface area contributed by atoms with Crippen LogP contribution in [0.25, 0.3) is 0 Å². The van der Waals surface area contributed by atoms with Crippen LogP contribution in [0.3, 0.4) is 0 Å². The number of carbonyl (C=O) groups is 2. The fourth-order valence-electron chi connectivity index (χ4n) is 5.95. The number of nitrogens with two attached hydrogens (primary N) is 1. The van der Waals surface area contributed by atoms with E-state index in [1.807, 2.05) is 23.1 Å². The molecule has 1 aliphatic carbocycles. The van der Waals surface area contributed by atoms with Crippen LogP contribution < -0.4 is 10.5 Å². The minimum absolute atomic E-state index is 0.163. The predicted octanol–water partition coefficient (Wildman–Crippen LogP) is 4.01. The Hall–Kier alpha value is -1.88. The third kappa shape index (κ3) is 5.48. The van der Waals surface area contributed by atoms with Crippen molar-refractivity contribution in [2.75, 3.05) is 39.3 Å². The van der Waals surface area contributed by atoms with E-state index in [9.17, 15) is 14.8 Å². The molecule has 2 aromatic rings. The Labute approximate surface area is 238 Å². The highest BCUT2D eigenvalue weighted by Crippen LogP contribution is 2.41. The van der Waals surface area contributed by atoms with Crippen LogP contribution in [0.2, 0.25) is 5.02 Å². The van der Waals surface area contributed by atoms with Gasteiger partial charge in [0.05, 0.1) is 9.50 Å². The van der Waals surface area contributed by atoms with Crippen LogP contribution in [0.1, 0.15) is 47.7 Å². The molecule has 2 saturated heterocycles. The number of rotatable bonds is 3. The number of fused-ring (bicyclic) bond motifs is 2. The van der Waals surface area contributed by atoms with Crippen LogP contribution in [0, 0.1) is 11.1 Å². The Bertz CT molecular complexity index is 1210. The lowest BCUT2D eigenvalue weighted by Crippen LogP contribution is -2.52. The molecular weight excluding hydrogens is 626 g/mol. The Balaban J connectivity index is 1.33. The van der Waals surface area contributed by atoms with E-state index in [1.54, 1.807) is 11.1 Å². The number of primary amides is 1. The fraction of sp³-hybridized carbons (Fsp3) is 0.500. The number of hydrogen-bond donors (Lipinski definition) is 1. The largest absolute Gasteiger partial charge is 0.618 e. The molecule has 1 aromatic carbocycles. The molecule has 0 bridgehead atoms. The third-order valence-corrected chi connectivity index (χ3v) is 9.85. The number of piperidine rings is 1. The summed E-state index contributed by atoms with van der Waals surface area (Å²) in [5, 5.41) is 13.9. The van der Waals surface area contributed by atoms with E-state index in [0.29, 0.717) is 50.7 Å². The van der Waals surface area contributed by atoms with Gasteiger partial charge in [0.1, 0.15) is 6.04 Å². The van der Waals surface area contributed by atoms with Gasteiger partial charge in [0, 0.05) is 55.7 Å². The van der Waals surface area contributed by atoms with Gasteiger partial charge in [-0.2, -0.15) is 4.73 Å². The van der Waals surface area contributed by atoms with Gasteiger partial charge >= 0.3 is 6.03 Å². The van der Waals surface area contributed by atoms with E-state index < -0.39 is 0 Å². The maximum Gasteiger partial charge on any atom is 0.314 e. The summed E-state index contributed by atoms with van der Waals surface area (Å²) in [6.07, 6.45) is 5.21. The summed E-state index contributed by atoms with van der Waals surface area (Å²) in [6.45, 7) is 3.81. The first kappa shape index (κ1) is 26.7. The summed E-state index contributed by atoms with van der Waals surface area (Å²) in [5.74, 6) is 0.442. The van der Waals surface area contributed by atoms with Gasteiger partial charge in [0.25, 0.3) is 0 Å². The first-order chi connectivity index (χ1) is 17.7. The second-order valence-electron chi connectivity index (χ2n) is 10.1. The van der Waals surface area contributed by atoms with Gasteiger partial charge in [0.2, 0.25) is 11.6 Å². The highest BCUT2D eigenvalue weighted by atomic mass is 79.9. The lowest BCUT2D eigenvalue weighted by Gasteiger charge is -2.40. The number of nitrogens with zero attached hydrogens (tertiary/aromatic N) is 4. The van der Waals surface area contributed by atoms with E-state index in [4.69, 9.17) is 17.3 Å². The van der Waals surface area contributed by atoms with Gasteiger partial charge in [0.15, 0.2) is 6.20 Å². The number of hydrogen-bond acceptors (Lipinski definition) is 4. The minimum Gasteiger partial charge on any atom is -0.618 e. The molecule has 0 spiro atoms. The molecule has 2 aliphatic heterocycles. The summed E-state index contributed by atoms with van der Waals surface area (Å²) in [7, 11) is 0. The van der Waals surface area contributed by atoms with Gasteiger partial charge in [-0.1, -0.05) is 17.7 Å². The molecule has 0 unspecified atom stereocenters. The van der Waals surface area contributed by atoms with Crippen molar-refractivity contribution >= 4 is 55.4 Å². The highest BCUT2D eigenvalue weighted by molar-refractivity contribution is 9.10. The smallest absolute Gasteiger partial charge is 0.314 e. The standard InChI is InChI=1S/C26H30Br2ClN5O3/c27-18-14-17-1-2-19-20(3-4-21(29)23(19)28)25(24(17)34(37)15-18)32-11-9-31(10-12-32)22(35)13-16-5-7-33(8-6-16)26(30)36/h3-4,14-16,25H,1-2,5-13H2,(H2,30,36)/t25-/m0/s1. The van der Waals surface area contributed by atoms with Crippen LogP contribution in [0.5, 0.6) is 0 Å². The summed E-state index contributed by atoms with van der Waals surface area (Å²) in [5.41, 5.74) is 9.37. The van der Waals surface area contributed by atoms with Crippen LogP contribution in [-0.2, 0) is 17.6 Å². The van der Waals surface area contributed by atoms with E-state index in [1.165, 1.54) is 0 Å². The van der Waals surface area contributed by atoms with Gasteiger partial charge in [-0.3, -0.25) is 9.69 Å². The summed E-state index contributed by atoms with van der Waals surface area (Å²) in [4.78, 5) is 30.4. The number of carbonyl (C=O) groups excluding carboxylic acids is 2. The van der Waals surface area contributed by atoms with Gasteiger partial charge in [-0.15, -0.1) is 0 Å². The average Bonchev–Trinajstić information content (AvgIpc) is 3.04. The van der Waals surface area contributed by atoms with Crippen LogP contribution in [0.15, 0.2) is 33.3 Å². The maximum atomic E-state index is 13.2. The Kier molecular flexibility index (Phi) is 8.00. The van der Waals surface area contributed by atoms with Crippen LogP contribution in [0.4, 0.5) is 4.79 Å². The molecule has 198 valence electrons. The molecule has 3 heterocycles. The maximum absolute atomic E-state index is 13.2. The van der Waals surface area contributed by atoms with Crippen molar-refractivity contribution < 1.29 is 14.3 Å². The lowest BCUT2D eigenvalue weighted by atomic mass is 9.93. The number of benzene rings is 1. The van der Waals surface area contributed by atoms with E-state index in [-0.39, 0.29) is 23.9 Å². The number of pyridine rings is 1. The summed E-state index contributed by atoms with van der Waals surface area (Å²) >= 11 is 13.6. The van der Waals surface area contributed by atoms with E-state index in [2.05, 4.69) is 36.8 Å². The third-order valence-electron chi connectivity index (χ3n) is 7.97. The number of piperazine rings is 1. The quantitative estimate of drug-likeness (QED) is 0.400. The number of aromatic nitrogens is 1. The van der Waals surface area contributed by atoms with Crippen molar-refractivity contribution in [2.24, 2.45) is 11.7 Å². The first-order valence-corrected chi connectivity index (χ1v) is 14.6. The highest BCUT2D eigenvalue weighted by Gasteiger charge is 2.38. The van der Waals surface area contributed by atoms with Crippen LogP contribution >= 0.6 is 43.5 Å². The Morgan fingerprint density at radius 2 is 1.76 bits per heavy atom. The number of likely N-dealkylation sites (tertiary alicyclic amines) is 1. The molecule has 1 atom stereocenters. The molecule has 2 fully saturated rings. The van der Waals surface area contributed by atoms with Gasteiger partial charge in [-0.05, 0) is 86.7 Å². The topological polar surface area (TPSA) is 96.8 Å². The lowest BCUT2D eigenvalue weighted by molar-refractivity contribution is -0.617. The summed E-state index contributed by atoms with van der Waals surface area (Å²) in [6, 6.07) is 5.37. The zero-order valence-electron chi connectivity index (χ0n) is 20.5. The van der Waals surface area contributed by atoms with E-state index >= 15 is 0 Å². The Morgan fingerprint density at radius 3 is 2.43 bits per heavy atom. The van der Waals surface area contributed by atoms with Gasteiger partial charge < -0.3 is 20.7 Å². The molecular formula is C26H30Br2ClN5O3. The van der Waals surface area contributed by atoms with Crippen molar-refractivity contribution in [1.82, 2.24) is 14.7 Å². The molecule has 11 heteroatoms. The van der Waals surface area contributed by atoms with E-state index in [0.717, 1.165) is 61.7 Å². The second kappa shape index (κ2) is 11.1. The average molecular weight is 656 g/mol. The minimum atomic E-state index is -0.386. The zero-order valence-corrected chi connectivity index (χ0v) is 24.4. The molecule has 0 saturated carbocycles. The normalized spacial score (nSPS) is 20.8. The van der Waals surface area contributed by atoms with Crippen molar-refractivity contribution in [3.63, 3.8) is 0 Å². The number of urea groups is 1. The molecule has 0 radical (unpaired) electrons. The molecule has 37 heavy (non-hydrogen) atoms. The molecule has 2 N–H and O–H groups in total. The van der Waals surface area contributed by atoms with Gasteiger partial charge in [-0.25, -0.2) is 4.79 Å². The predicted molar refractivity (Wildman–Crippen MR) is 148 cm³/mol. The zero-order chi connectivity index (χ0) is 26.3. The molecule has 8 nitrogen and oxygen atoms in total. The molecule has 3 amide bonds. The molecule has 3 aliphatic rings. The Morgan fingerprint density at radius 1 is 1.05 bits per heavy atom. The second-order valence-corrected chi connectivity index (χ2v) is 12.2.